The number of anilines is 1. The Labute approximate surface area is 138 Å². The lowest BCUT2D eigenvalue weighted by Crippen LogP contribution is -2.30. The quantitative estimate of drug-likeness (QED) is 0.625. The van der Waals surface area contributed by atoms with Gasteiger partial charge in [-0.3, -0.25) is 14.9 Å². The lowest BCUT2D eigenvalue weighted by Gasteiger charge is -2.15. The largest absolute Gasteiger partial charge is 0.325 e. The van der Waals surface area contributed by atoms with Crippen LogP contribution in [0.2, 0.25) is 5.02 Å². The summed E-state index contributed by atoms with van der Waals surface area (Å²) in [5, 5.41) is 17.0. The van der Waals surface area contributed by atoms with Crippen LogP contribution in [0.25, 0.3) is 0 Å². The van der Waals surface area contributed by atoms with Gasteiger partial charge >= 0.3 is 0 Å². The van der Waals surface area contributed by atoms with Crippen LogP contribution in [0.3, 0.4) is 0 Å². The van der Waals surface area contributed by atoms with E-state index in [-0.39, 0.29) is 24.2 Å². The highest BCUT2D eigenvalue weighted by atomic mass is 35.5. The Balaban J connectivity index is 1.87. The summed E-state index contributed by atoms with van der Waals surface area (Å²) in [5.74, 6) is -0.238. The fourth-order valence-corrected chi connectivity index (χ4v) is 2.35. The molecule has 2 N–H and O–H groups in total. The van der Waals surface area contributed by atoms with Gasteiger partial charge in [0.15, 0.2) is 0 Å². The van der Waals surface area contributed by atoms with Crippen LogP contribution < -0.4 is 10.6 Å². The molecule has 0 aliphatic carbocycles. The molecule has 1 atom stereocenters. The van der Waals surface area contributed by atoms with Crippen LogP contribution in [-0.2, 0) is 4.79 Å². The molecule has 0 unspecified atom stereocenters. The van der Waals surface area contributed by atoms with Gasteiger partial charge in [-0.2, -0.15) is 0 Å². The van der Waals surface area contributed by atoms with Crippen molar-refractivity contribution < 1.29 is 9.72 Å². The van der Waals surface area contributed by atoms with E-state index < -0.39 is 4.92 Å². The predicted molar refractivity (Wildman–Crippen MR) is 89.6 cm³/mol. The van der Waals surface area contributed by atoms with E-state index in [0.717, 1.165) is 5.56 Å². The van der Waals surface area contributed by atoms with Crippen molar-refractivity contribution in [2.45, 2.75) is 13.0 Å². The smallest absolute Gasteiger partial charge is 0.269 e. The Kier molecular flexibility index (Phi) is 5.67. The SMILES string of the molecule is C[C@H](NCC(=O)Nc1ccc([N+](=O)[O-])cc1)c1ccccc1Cl. The zero-order chi connectivity index (χ0) is 16.8. The minimum Gasteiger partial charge on any atom is -0.325 e. The van der Waals surface area contributed by atoms with Crippen molar-refractivity contribution in [3.63, 3.8) is 0 Å². The number of carbonyl (C=O) groups excluding carboxylic acids is 1. The Morgan fingerprint density at radius 1 is 1.22 bits per heavy atom. The normalized spacial score (nSPS) is 11.7. The average Bonchev–Trinajstić information content (AvgIpc) is 2.53. The summed E-state index contributed by atoms with van der Waals surface area (Å²) >= 11 is 6.11. The van der Waals surface area contributed by atoms with Crippen LogP contribution in [-0.4, -0.2) is 17.4 Å². The maximum Gasteiger partial charge on any atom is 0.269 e. The molecule has 23 heavy (non-hydrogen) atoms. The molecule has 0 aromatic heterocycles. The van der Waals surface area contributed by atoms with Crippen LogP contribution >= 0.6 is 11.6 Å². The third-order valence-corrected chi connectivity index (χ3v) is 3.65. The number of halogens is 1. The molecule has 0 saturated heterocycles. The van der Waals surface area contributed by atoms with E-state index in [1.165, 1.54) is 24.3 Å². The number of benzene rings is 2. The first kappa shape index (κ1) is 16.9. The maximum absolute atomic E-state index is 11.9. The number of rotatable bonds is 6. The number of nitrogens with one attached hydrogen (secondary N) is 2. The van der Waals surface area contributed by atoms with Crippen LogP contribution in [0.1, 0.15) is 18.5 Å². The minimum atomic E-state index is -0.488. The minimum absolute atomic E-state index is 0.0199. The second-order valence-electron chi connectivity index (χ2n) is 4.98. The van der Waals surface area contributed by atoms with E-state index >= 15 is 0 Å². The summed E-state index contributed by atoms with van der Waals surface area (Å²) in [7, 11) is 0. The topological polar surface area (TPSA) is 84.3 Å². The molecule has 7 heteroatoms. The van der Waals surface area contributed by atoms with Gasteiger partial charge in [0.05, 0.1) is 11.5 Å². The summed E-state index contributed by atoms with van der Waals surface area (Å²) in [5.41, 5.74) is 1.40. The molecule has 0 spiro atoms. The lowest BCUT2D eigenvalue weighted by atomic mass is 10.1. The molecule has 0 heterocycles. The van der Waals surface area contributed by atoms with Gasteiger partial charge in [-0.05, 0) is 30.7 Å². The van der Waals surface area contributed by atoms with Gasteiger partial charge in [-0.1, -0.05) is 29.8 Å². The van der Waals surface area contributed by atoms with Gasteiger partial charge in [0.2, 0.25) is 5.91 Å². The number of nitro benzene ring substituents is 1. The van der Waals surface area contributed by atoms with Crippen molar-refractivity contribution in [1.29, 1.82) is 0 Å². The molecular formula is C16H16ClN3O3. The summed E-state index contributed by atoms with van der Waals surface area (Å²) in [6.45, 7) is 2.02. The van der Waals surface area contributed by atoms with Crippen molar-refractivity contribution in [2.24, 2.45) is 0 Å². The summed E-state index contributed by atoms with van der Waals surface area (Å²) < 4.78 is 0. The van der Waals surface area contributed by atoms with E-state index in [1.807, 2.05) is 25.1 Å². The van der Waals surface area contributed by atoms with Gasteiger partial charge in [-0.25, -0.2) is 0 Å². The highest BCUT2D eigenvalue weighted by Gasteiger charge is 2.11. The van der Waals surface area contributed by atoms with E-state index in [2.05, 4.69) is 10.6 Å². The molecule has 0 aliphatic rings. The predicted octanol–water partition coefficient (Wildman–Crippen LogP) is 3.54. The Morgan fingerprint density at radius 3 is 2.48 bits per heavy atom. The molecule has 120 valence electrons. The molecule has 0 fully saturated rings. The Hall–Kier alpha value is -2.44. The number of nitro groups is 1. The van der Waals surface area contributed by atoms with Gasteiger partial charge in [0.25, 0.3) is 5.69 Å². The maximum atomic E-state index is 11.9. The monoisotopic (exact) mass is 333 g/mol. The number of hydrogen-bond donors (Lipinski definition) is 2. The van der Waals surface area contributed by atoms with Crippen molar-refractivity contribution in [1.82, 2.24) is 5.32 Å². The van der Waals surface area contributed by atoms with E-state index in [4.69, 9.17) is 11.6 Å². The number of amides is 1. The van der Waals surface area contributed by atoms with Crippen LogP contribution in [0.5, 0.6) is 0 Å². The molecular weight excluding hydrogens is 318 g/mol. The highest BCUT2D eigenvalue weighted by molar-refractivity contribution is 6.31. The van der Waals surface area contributed by atoms with Crippen LogP contribution in [0.4, 0.5) is 11.4 Å². The van der Waals surface area contributed by atoms with Crippen molar-refractivity contribution in [2.75, 3.05) is 11.9 Å². The van der Waals surface area contributed by atoms with Crippen LogP contribution in [0.15, 0.2) is 48.5 Å². The van der Waals surface area contributed by atoms with E-state index in [1.54, 1.807) is 6.07 Å². The lowest BCUT2D eigenvalue weighted by molar-refractivity contribution is -0.384. The molecule has 2 aromatic rings. The fourth-order valence-electron chi connectivity index (χ4n) is 2.05. The van der Waals surface area contributed by atoms with E-state index in [0.29, 0.717) is 10.7 Å². The second-order valence-corrected chi connectivity index (χ2v) is 5.38. The number of carbonyl (C=O) groups is 1. The summed E-state index contributed by atoms with van der Waals surface area (Å²) in [6, 6.07) is 13.0. The highest BCUT2D eigenvalue weighted by Crippen LogP contribution is 2.22. The van der Waals surface area contributed by atoms with E-state index in [9.17, 15) is 14.9 Å². The Morgan fingerprint density at radius 2 is 1.87 bits per heavy atom. The average molecular weight is 334 g/mol. The molecule has 6 nitrogen and oxygen atoms in total. The zero-order valence-corrected chi connectivity index (χ0v) is 13.2. The Bertz CT molecular complexity index is 704. The first-order valence-corrected chi connectivity index (χ1v) is 7.37. The molecule has 2 rings (SSSR count). The standard InChI is InChI=1S/C16H16ClN3O3/c1-11(14-4-2-3-5-15(14)17)18-10-16(21)19-12-6-8-13(9-7-12)20(22)23/h2-9,11,18H,10H2,1H3,(H,19,21)/t11-/m0/s1. The number of non-ortho nitro benzene ring substituents is 1. The first-order chi connectivity index (χ1) is 11.0. The van der Waals surface area contributed by atoms with Crippen molar-refractivity contribution >= 4 is 28.9 Å². The van der Waals surface area contributed by atoms with Crippen molar-refractivity contribution in [3.8, 4) is 0 Å². The summed E-state index contributed by atoms with van der Waals surface area (Å²) in [6.07, 6.45) is 0. The van der Waals surface area contributed by atoms with Crippen molar-refractivity contribution in [3.05, 3.63) is 69.2 Å². The first-order valence-electron chi connectivity index (χ1n) is 6.99. The number of hydrogen-bond acceptors (Lipinski definition) is 4. The third kappa shape index (κ3) is 4.77. The van der Waals surface area contributed by atoms with Crippen LogP contribution in [0, 0.1) is 10.1 Å². The fraction of sp³-hybridized carbons (Fsp3) is 0.188. The molecule has 1 amide bonds. The molecule has 0 saturated carbocycles. The molecule has 0 bridgehead atoms. The zero-order valence-electron chi connectivity index (χ0n) is 12.5. The second kappa shape index (κ2) is 7.71. The van der Waals surface area contributed by atoms with Gasteiger partial charge in [-0.15, -0.1) is 0 Å². The molecule has 0 radical (unpaired) electrons. The van der Waals surface area contributed by atoms with Gasteiger partial charge in [0, 0.05) is 28.9 Å². The number of nitrogens with zero attached hydrogens (tertiary/aromatic N) is 1. The molecule has 0 aliphatic heterocycles. The van der Waals surface area contributed by atoms with Gasteiger partial charge < -0.3 is 10.6 Å². The third-order valence-electron chi connectivity index (χ3n) is 3.30. The van der Waals surface area contributed by atoms with Gasteiger partial charge in [0.1, 0.15) is 0 Å². The summed E-state index contributed by atoms with van der Waals surface area (Å²) in [4.78, 5) is 22.0. The molecule has 2 aromatic carbocycles.